The van der Waals surface area contributed by atoms with Gasteiger partial charge >= 0.3 is 5.88 Å². The smallest absolute Gasteiger partial charge is 0.416 e. The third-order valence-corrected chi connectivity index (χ3v) is 1.25. The predicted octanol–water partition coefficient (Wildman–Crippen LogP) is 0.528. The summed E-state index contributed by atoms with van der Waals surface area (Å²) in [4.78, 5) is 0. The molecule has 1 heterocycles. The minimum atomic E-state index is 0.436. The van der Waals surface area contributed by atoms with Crippen molar-refractivity contribution in [3.63, 3.8) is 0 Å². The van der Waals surface area contributed by atoms with Gasteiger partial charge in [0.1, 0.15) is 0 Å². The van der Waals surface area contributed by atoms with Crippen molar-refractivity contribution in [1.82, 2.24) is 0 Å². The molecule has 10 heavy (non-hydrogen) atoms. The summed E-state index contributed by atoms with van der Waals surface area (Å²) in [6.45, 7) is 1.90. The maximum Gasteiger partial charge on any atom is 0.416 e. The minimum Gasteiger partial charge on any atom is -0.445 e. The molecule has 0 unspecified atom stereocenters. The Kier molecular flexibility index (Phi) is 1.76. The Morgan fingerprint density at radius 1 is 1.50 bits per heavy atom. The van der Waals surface area contributed by atoms with Gasteiger partial charge in [-0.05, 0) is 13.0 Å². The Hall–Kier alpha value is -1.25. The van der Waals surface area contributed by atoms with Crippen molar-refractivity contribution in [2.24, 2.45) is 0 Å². The van der Waals surface area contributed by atoms with E-state index in [0.29, 0.717) is 5.88 Å². The third kappa shape index (κ3) is 1.18. The van der Waals surface area contributed by atoms with Crippen LogP contribution in [0.4, 0.5) is 0 Å². The average molecular weight is 140 g/mol. The van der Waals surface area contributed by atoms with Crippen LogP contribution >= 0.6 is 0 Å². The molecule has 1 rings (SSSR count). The predicted molar refractivity (Wildman–Crippen MR) is 35.1 cm³/mol. The van der Waals surface area contributed by atoms with Gasteiger partial charge in [0.15, 0.2) is 0 Å². The number of aryl methyl sites for hydroxylation is 1. The van der Waals surface area contributed by atoms with Gasteiger partial charge in [-0.15, -0.1) is 0 Å². The second-order valence-electron chi connectivity index (χ2n) is 2.09. The van der Waals surface area contributed by atoms with E-state index < -0.39 is 0 Å². The van der Waals surface area contributed by atoms with Crippen molar-refractivity contribution in [1.29, 1.82) is 0 Å². The Morgan fingerprint density at radius 2 is 2.20 bits per heavy atom. The molecule has 0 amide bonds. The maximum absolute atomic E-state index is 9.08. The van der Waals surface area contributed by atoms with E-state index in [0.717, 1.165) is 10.3 Å². The van der Waals surface area contributed by atoms with Crippen LogP contribution in [-0.4, -0.2) is 12.3 Å². The molecule has 0 spiro atoms. The second-order valence-corrected chi connectivity index (χ2v) is 2.09. The molecule has 1 N–H and O–H groups in total. The van der Waals surface area contributed by atoms with Crippen LogP contribution in [0.25, 0.3) is 0 Å². The molecular weight excluding hydrogens is 130 g/mol. The SMILES string of the molecule is COc1ccc(C)c[n+]1O. The number of methoxy groups -OCH3 is 1. The first kappa shape index (κ1) is 6.86. The van der Waals surface area contributed by atoms with E-state index in [-0.39, 0.29) is 0 Å². The normalized spacial score (nSPS) is 9.40. The molecule has 0 aliphatic heterocycles. The number of ether oxygens (including phenoxy) is 1. The molecule has 0 saturated carbocycles. The molecule has 0 aliphatic rings. The van der Waals surface area contributed by atoms with E-state index in [1.54, 1.807) is 12.3 Å². The lowest BCUT2D eigenvalue weighted by molar-refractivity contribution is -0.906. The fraction of sp³-hybridized carbons (Fsp3) is 0.286. The van der Waals surface area contributed by atoms with Crippen molar-refractivity contribution in [2.75, 3.05) is 7.11 Å². The summed E-state index contributed by atoms with van der Waals surface area (Å²) in [6, 6.07) is 3.57. The highest BCUT2D eigenvalue weighted by Crippen LogP contribution is 2.01. The van der Waals surface area contributed by atoms with Crippen molar-refractivity contribution < 1.29 is 14.7 Å². The van der Waals surface area contributed by atoms with Gasteiger partial charge in [-0.3, -0.25) is 5.21 Å². The highest BCUT2D eigenvalue weighted by Gasteiger charge is 2.07. The molecule has 0 saturated heterocycles. The van der Waals surface area contributed by atoms with Crippen LogP contribution in [0.2, 0.25) is 0 Å². The Bertz CT molecular complexity index is 235. The maximum atomic E-state index is 9.08. The molecule has 0 aromatic carbocycles. The highest BCUT2D eigenvalue weighted by molar-refractivity contribution is 5.09. The van der Waals surface area contributed by atoms with Gasteiger partial charge < -0.3 is 4.74 Å². The summed E-state index contributed by atoms with van der Waals surface area (Å²) < 4.78 is 5.77. The van der Waals surface area contributed by atoms with Crippen molar-refractivity contribution in [3.8, 4) is 5.88 Å². The largest absolute Gasteiger partial charge is 0.445 e. The van der Waals surface area contributed by atoms with Crippen LogP contribution in [0.1, 0.15) is 5.56 Å². The van der Waals surface area contributed by atoms with Crippen molar-refractivity contribution in [2.45, 2.75) is 6.92 Å². The number of nitrogens with zero attached hydrogens (tertiary/aromatic N) is 1. The van der Waals surface area contributed by atoms with E-state index >= 15 is 0 Å². The quantitative estimate of drug-likeness (QED) is 0.456. The summed E-state index contributed by atoms with van der Waals surface area (Å²) in [5.74, 6) is 0.436. The Labute approximate surface area is 59.5 Å². The number of aromatic nitrogens is 1. The molecule has 1 aromatic rings. The topological polar surface area (TPSA) is 33.3 Å². The number of hydrogen-bond donors (Lipinski definition) is 1. The van der Waals surface area contributed by atoms with Gasteiger partial charge in [0.05, 0.1) is 13.2 Å². The second kappa shape index (κ2) is 2.56. The molecule has 54 valence electrons. The van der Waals surface area contributed by atoms with E-state index in [4.69, 9.17) is 9.94 Å². The van der Waals surface area contributed by atoms with Crippen LogP contribution in [0, 0.1) is 6.92 Å². The third-order valence-electron chi connectivity index (χ3n) is 1.25. The van der Waals surface area contributed by atoms with E-state index in [1.807, 2.05) is 13.0 Å². The zero-order valence-corrected chi connectivity index (χ0v) is 6.03. The monoisotopic (exact) mass is 140 g/mol. The number of pyridine rings is 1. The summed E-state index contributed by atoms with van der Waals surface area (Å²) in [5, 5.41) is 9.08. The van der Waals surface area contributed by atoms with Crippen molar-refractivity contribution >= 4 is 0 Å². The van der Waals surface area contributed by atoms with Crippen LogP contribution < -0.4 is 9.47 Å². The summed E-state index contributed by atoms with van der Waals surface area (Å²) >= 11 is 0. The fourth-order valence-electron chi connectivity index (χ4n) is 0.740. The molecule has 0 atom stereocenters. The molecule has 0 fully saturated rings. The summed E-state index contributed by atoms with van der Waals surface area (Å²) in [5.41, 5.74) is 0.989. The lowest BCUT2D eigenvalue weighted by Crippen LogP contribution is -2.31. The molecule has 0 bridgehead atoms. The minimum absolute atomic E-state index is 0.436. The molecule has 0 radical (unpaired) electrons. The van der Waals surface area contributed by atoms with Gasteiger partial charge in [-0.1, -0.05) is 0 Å². The Balaban J connectivity index is 3.07. The highest BCUT2D eigenvalue weighted by atomic mass is 16.5. The first-order valence-electron chi connectivity index (χ1n) is 2.99. The number of hydrogen-bond acceptors (Lipinski definition) is 2. The zero-order valence-electron chi connectivity index (χ0n) is 6.03. The summed E-state index contributed by atoms with van der Waals surface area (Å²) in [6.07, 6.45) is 1.58. The molecule has 1 aromatic heterocycles. The number of rotatable bonds is 1. The fourth-order valence-corrected chi connectivity index (χ4v) is 0.740. The van der Waals surface area contributed by atoms with Gasteiger partial charge in [0, 0.05) is 10.3 Å². The van der Waals surface area contributed by atoms with Crippen molar-refractivity contribution in [3.05, 3.63) is 23.9 Å². The van der Waals surface area contributed by atoms with Crippen LogP contribution in [0.5, 0.6) is 5.88 Å². The lowest BCUT2D eigenvalue weighted by Gasteiger charge is -1.93. The zero-order chi connectivity index (χ0) is 7.56. The van der Waals surface area contributed by atoms with E-state index in [9.17, 15) is 0 Å². The average Bonchev–Trinajstić information content (AvgIpc) is 1.88. The first-order valence-corrected chi connectivity index (χ1v) is 2.99. The lowest BCUT2D eigenvalue weighted by atomic mass is 10.3. The molecule has 3 nitrogen and oxygen atoms in total. The van der Waals surface area contributed by atoms with E-state index in [1.165, 1.54) is 7.11 Å². The van der Waals surface area contributed by atoms with Crippen LogP contribution in [0.3, 0.4) is 0 Å². The van der Waals surface area contributed by atoms with Gasteiger partial charge in [-0.2, -0.15) is 0 Å². The molecule has 3 heteroatoms. The van der Waals surface area contributed by atoms with Gasteiger partial charge in [-0.25, -0.2) is 0 Å². The summed E-state index contributed by atoms with van der Waals surface area (Å²) in [7, 11) is 1.51. The van der Waals surface area contributed by atoms with Gasteiger partial charge in [0.2, 0.25) is 6.20 Å². The molecular formula is C7H10NO2+. The van der Waals surface area contributed by atoms with Crippen LogP contribution in [0.15, 0.2) is 18.3 Å². The van der Waals surface area contributed by atoms with Gasteiger partial charge in [0.25, 0.3) is 0 Å². The molecule has 0 aliphatic carbocycles. The first-order chi connectivity index (χ1) is 4.74. The van der Waals surface area contributed by atoms with E-state index in [2.05, 4.69) is 0 Å². The van der Waals surface area contributed by atoms with Crippen LogP contribution in [-0.2, 0) is 0 Å². The Morgan fingerprint density at radius 3 is 2.70 bits per heavy atom. The standard InChI is InChI=1S/C7H10NO2/c1-6-3-4-7(10-2)8(9)5-6/h3-5,9H,1-2H3/q+1.